The van der Waals surface area contributed by atoms with Gasteiger partial charge in [0.2, 0.25) is 0 Å². The number of hydrogen-bond donors (Lipinski definition) is 0. The SMILES string of the molecule is [Cu+].[Cu+].[F-].[F-]. The molecule has 0 rings (SSSR count). The molecule has 0 nitrogen and oxygen atoms in total. The summed E-state index contributed by atoms with van der Waals surface area (Å²) < 4.78 is 0. The minimum Gasteiger partial charge on any atom is -1.00 e. The van der Waals surface area contributed by atoms with Crippen LogP contribution in [0, 0.1) is 0 Å². The second-order valence-electron chi connectivity index (χ2n) is 0. The zero-order chi connectivity index (χ0) is 0. The monoisotopic (exact) mass is 164 g/mol. The fourth-order valence-corrected chi connectivity index (χ4v) is 0. The van der Waals surface area contributed by atoms with Crippen LogP contribution in [0.15, 0.2) is 0 Å². The molecule has 0 N–H and O–H groups in total. The number of halogens is 2. The van der Waals surface area contributed by atoms with Crippen LogP contribution < -0.4 is 9.41 Å². The Labute approximate surface area is 44.0 Å². The Kier molecular flexibility index (Phi) is 934. The van der Waals surface area contributed by atoms with Crippen molar-refractivity contribution in [3.8, 4) is 0 Å². The Morgan fingerprint density at radius 1 is 0.500 bits per heavy atom. The molecule has 0 aromatic rings. The van der Waals surface area contributed by atoms with Gasteiger partial charge in [-0.25, -0.2) is 0 Å². The molecule has 0 atom stereocenters. The van der Waals surface area contributed by atoms with Crippen LogP contribution >= 0.6 is 0 Å². The first-order valence-corrected chi connectivity index (χ1v) is 0. The van der Waals surface area contributed by atoms with E-state index in [0.29, 0.717) is 0 Å². The first kappa shape index (κ1) is 92.2. The van der Waals surface area contributed by atoms with Crippen LogP contribution in [0.4, 0.5) is 0 Å². The molecule has 0 bridgehead atoms. The standard InChI is InChI=1S/2Cu.2FH/h;;2*1H/q2*+1;;/p-2. The number of rotatable bonds is 0. The minimum absolute atomic E-state index is 0. The molecule has 0 fully saturated rings. The topological polar surface area (TPSA) is 0 Å². The van der Waals surface area contributed by atoms with Crippen LogP contribution in [0.1, 0.15) is 0 Å². The first-order chi connectivity index (χ1) is 0. The van der Waals surface area contributed by atoms with Crippen LogP contribution in [0.25, 0.3) is 0 Å². The van der Waals surface area contributed by atoms with Crippen LogP contribution in [0.5, 0.6) is 0 Å². The molecule has 4 heavy (non-hydrogen) atoms. The summed E-state index contributed by atoms with van der Waals surface area (Å²) in [6.07, 6.45) is 0. The van der Waals surface area contributed by atoms with Gasteiger partial charge in [-0.15, -0.1) is 0 Å². The Morgan fingerprint density at radius 3 is 0.500 bits per heavy atom. The van der Waals surface area contributed by atoms with Crippen molar-refractivity contribution in [3.63, 3.8) is 0 Å². The van der Waals surface area contributed by atoms with E-state index in [1.165, 1.54) is 0 Å². The summed E-state index contributed by atoms with van der Waals surface area (Å²) in [6, 6.07) is 0. The van der Waals surface area contributed by atoms with Crippen molar-refractivity contribution in [3.05, 3.63) is 0 Å². The van der Waals surface area contributed by atoms with E-state index in [-0.39, 0.29) is 43.5 Å². The Hall–Kier alpha value is 0.899. The van der Waals surface area contributed by atoms with Crippen molar-refractivity contribution < 1.29 is 43.5 Å². The first-order valence-electron chi connectivity index (χ1n) is 0. The maximum absolute atomic E-state index is 0. The second-order valence-corrected chi connectivity index (χ2v) is 0. The summed E-state index contributed by atoms with van der Waals surface area (Å²) in [5.41, 5.74) is 0. The van der Waals surface area contributed by atoms with E-state index in [1.54, 1.807) is 0 Å². The van der Waals surface area contributed by atoms with Gasteiger partial charge < -0.3 is 9.41 Å². The van der Waals surface area contributed by atoms with Crippen molar-refractivity contribution in [2.24, 2.45) is 0 Å². The van der Waals surface area contributed by atoms with Gasteiger partial charge in [0.05, 0.1) is 0 Å². The number of hydrogen-bond acceptors (Lipinski definition) is 0. The zero-order valence-electron chi connectivity index (χ0n) is 1.36. The van der Waals surface area contributed by atoms with Gasteiger partial charge in [0.1, 0.15) is 0 Å². The predicted molar refractivity (Wildman–Crippen MR) is 0 cm³/mol. The predicted octanol–water partition coefficient (Wildman–Crippen LogP) is -6.00. The minimum atomic E-state index is 0. The van der Waals surface area contributed by atoms with Crippen LogP contribution in [0.2, 0.25) is 0 Å². The molecule has 0 heterocycles. The van der Waals surface area contributed by atoms with E-state index < -0.39 is 0 Å². The molecule has 36 valence electrons. The summed E-state index contributed by atoms with van der Waals surface area (Å²) in [4.78, 5) is 0. The van der Waals surface area contributed by atoms with Crippen molar-refractivity contribution >= 4 is 0 Å². The Morgan fingerprint density at radius 2 is 0.500 bits per heavy atom. The third kappa shape index (κ3) is 12.9. The average Bonchev–Trinajstić information content (AvgIpc) is 0. The van der Waals surface area contributed by atoms with Crippen LogP contribution in [-0.4, -0.2) is 0 Å². The third-order valence-electron chi connectivity index (χ3n) is 0. The maximum atomic E-state index is 0. The fraction of sp³-hybridized carbons (Fsp3) is 0. The van der Waals surface area contributed by atoms with Crippen LogP contribution in [0.3, 0.4) is 0 Å². The Bertz CT molecular complexity index is 4.00. The molecule has 0 spiro atoms. The van der Waals surface area contributed by atoms with E-state index in [9.17, 15) is 0 Å². The molecule has 0 aliphatic heterocycles. The van der Waals surface area contributed by atoms with Crippen molar-refractivity contribution in [1.82, 2.24) is 0 Å². The molecule has 0 aromatic heterocycles. The van der Waals surface area contributed by atoms with E-state index in [2.05, 4.69) is 0 Å². The molecule has 0 unspecified atom stereocenters. The molecule has 4 heteroatoms. The molecule has 0 amide bonds. The van der Waals surface area contributed by atoms with E-state index >= 15 is 0 Å². The molecule has 0 aliphatic rings. The van der Waals surface area contributed by atoms with Gasteiger partial charge in [0.25, 0.3) is 0 Å². The second kappa shape index (κ2) is 40.5. The van der Waals surface area contributed by atoms with Gasteiger partial charge in [-0.05, 0) is 0 Å². The zero-order valence-corrected chi connectivity index (χ0v) is 3.24. The van der Waals surface area contributed by atoms with Gasteiger partial charge in [-0.2, -0.15) is 0 Å². The quantitative estimate of drug-likeness (QED) is 0.313. The van der Waals surface area contributed by atoms with E-state index in [1.807, 2.05) is 0 Å². The van der Waals surface area contributed by atoms with Gasteiger partial charge in [-0.3, -0.25) is 0 Å². The molecule has 0 radical (unpaired) electrons. The van der Waals surface area contributed by atoms with E-state index in [0.717, 1.165) is 0 Å². The maximum Gasteiger partial charge on any atom is 1.00 e. The Balaban J connectivity index is 0. The average molecular weight is 165 g/mol. The molecule has 0 saturated heterocycles. The van der Waals surface area contributed by atoms with Crippen molar-refractivity contribution in [2.45, 2.75) is 0 Å². The van der Waals surface area contributed by atoms with Gasteiger partial charge in [0.15, 0.2) is 0 Å². The summed E-state index contributed by atoms with van der Waals surface area (Å²) in [7, 11) is 0. The normalized spacial score (nSPS) is 0. The molecule has 0 saturated carbocycles. The fourth-order valence-electron chi connectivity index (χ4n) is 0. The molecular weight excluding hydrogens is 165 g/mol. The van der Waals surface area contributed by atoms with E-state index in [4.69, 9.17) is 0 Å². The molecular formula is Cu2F2. The summed E-state index contributed by atoms with van der Waals surface area (Å²) in [5, 5.41) is 0. The summed E-state index contributed by atoms with van der Waals surface area (Å²) >= 11 is 0. The molecule has 0 aliphatic carbocycles. The smallest absolute Gasteiger partial charge is 1.00 e. The van der Waals surface area contributed by atoms with Gasteiger partial charge in [-0.1, -0.05) is 0 Å². The molecule has 0 aromatic carbocycles. The summed E-state index contributed by atoms with van der Waals surface area (Å²) in [6.45, 7) is 0. The van der Waals surface area contributed by atoms with Crippen molar-refractivity contribution in [2.75, 3.05) is 0 Å². The third-order valence-corrected chi connectivity index (χ3v) is 0. The van der Waals surface area contributed by atoms with Crippen LogP contribution in [-0.2, 0) is 34.1 Å². The largest absolute Gasteiger partial charge is 1.00 e. The van der Waals surface area contributed by atoms with Gasteiger partial charge in [0, 0.05) is 0 Å². The van der Waals surface area contributed by atoms with Crippen molar-refractivity contribution in [1.29, 1.82) is 0 Å². The van der Waals surface area contributed by atoms with Gasteiger partial charge >= 0.3 is 34.1 Å². The summed E-state index contributed by atoms with van der Waals surface area (Å²) in [5.74, 6) is 0.